The molecular weight excluding hydrogens is 298 g/mol. The maximum Gasteiger partial charge on any atom is 0.333 e. The third-order valence-electron chi connectivity index (χ3n) is 3.60. The third-order valence-corrected chi connectivity index (χ3v) is 3.60. The van der Waals surface area contributed by atoms with Crippen LogP contribution in [0.25, 0.3) is 0 Å². The molecule has 1 aliphatic heterocycles. The van der Waals surface area contributed by atoms with Gasteiger partial charge in [-0.2, -0.15) is 0 Å². The van der Waals surface area contributed by atoms with E-state index in [4.69, 9.17) is 4.74 Å². The average Bonchev–Trinajstić information content (AvgIpc) is 2.85. The molecule has 0 aliphatic carbocycles. The maximum atomic E-state index is 11.2. The standard InChI is InChI=1S/C17H21NO5/c1-12(19)22-15(14-11-16(20)23-17(14)21)9-4-2-3-7-13-8-5-6-10-18-13/h5-6,8,10-11,15,17,21H,2-4,7,9H2,1H3. The lowest BCUT2D eigenvalue weighted by Gasteiger charge is -2.19. The molecule has 0 radical (unpaired) electrons. The van der Waals surface area contributed by atoms with Crippen LogP contribution in [0.1, 0.15) is 38.3 Å². The molecule has 2 heterocycles. The fourth-order valence-corrected chi connectivity index (χ4v) is 2.52. The van der Waals surface area contributed by atoms with Crippen LogP contribution in [0.2, 0.25) is 0 Å². The number of pyridine rings is 1. The summed E-state index contributed by atoms with van der Waals surface area (Å²) in [5.74, 6) is -1.06. The lowest BCUT2D eigenvalue weighted by atomic mass is 10.0. The van der Waals surface area contributed by atoms with E-state index in [1.54, 1.807) is 6.20 Å². The van der Waals surface area contributed by atoms with Gasteiger partial charge in [0, 0.05) is 30.5 Å². The summed E-state index contributed by atoms with van der Waals surface area (Å²) in [5.41, 5.74) is 1.37. The zero-order chi connectivity index (χ0) is 16.7. The van der Waals surface area contributed by atoms with Crippen LogP contribution in [0.15, 0.2) is 36.0 Å². The van der Waals surface area contributed by atoms with Gasteiger partial charge in [0.2, 0.25) is 6.29 Å². The number of aromatic nitrogens is 1. The van der Waals surface area contributed by atoms with Crippen molar-refractivity contribution in [3.63, 3.8) is 0 Å². The van der Waals surface area contributed by atoms with E-state index in [9.17, 15) is 14.7 Å². The molecule has 2 atom stereocenters. The highest BCUT2D eigenvalue weighted by Crippen LogP contribution is 2.24. The second kappa shape index (κ2) is 8.43. The second-order valence-corrected chi connectivity index (χ2v) is 5.45. The predicted octanol–water partition coefficient (Wildman–Crippen LogP) is 1.92. The van der Waals surface area contributed by atoms with Crippen LogP contribution in [0, 0.1) is 0 Å². The van der Waals surface area contributed by atoms with Gasteiger partial charge < -0.3 is 14.6 Å². The summed E-state index contributed by atoms with van der Waals surface area (Å²) < 4.78 is 9.85. The zero-order valence-corrected chi connectivity index (χ0v) is 13.1. The van der Waals surface area contributed by atoms with Crippen LogP contribution in [0.3, 0.4) is 0 Å². The molecule has 6 nitrogen and oxygen atoms in total. The van der Waals surface area contributed by atoms with Gasteiger partial charge >= 0.3 is 11.9 Å². The van der Waals surface area contributed by atoms with Gasteiger partial charge in [0.05, 0.1) is 0 Å². The van der Waals surface area contributed by atoms with Crippen molar-refractivity contribution < 1.29 is 24.2 Å². The molecule has 124 valence electrons. The molecule has 1 aliphatic rings. The van der Waals surface area contributed by atoms with E-state index in [-0.39, 0.29) is 0 Å². The lowest BCUT2D eigenvalue weighted by Crippen LogP contribution is -2.25. The topological polar surface area (TPSA) is 85.7 Å². The average molecular weight is 319 g/mol. The Hall–Kier alpha value is -2.21. The van der Waals surface area contributed by atoms with E-state index < -0.39 is 24.3 Å². The molecule has 0 amide bonds. The van der Waals surface area contributed by atoms with E-state index in [0.29, 0.717) is 12.0 Å². The van der Waals surface area contributed by atoms with Crippen molar-refractivity contribution in [2.24, 2.45) is 0 Å². The van der Waals surface area contributed by atoms with Gasteiger partial charge in [-0.1, -0.05) is 12.5 Å². The molecule has 23 heavy (non-hydrogen) atoms. The summed E-state index contributed by atoms with van der Waals surface area (Å²) in [4.78, 5) is 26.7. The number of carbonyl (C=O) groups excluding carboxylic acids is 2. The first-order valence-electron chi connectivity index (χ1n) is 7.73. The Morgan fingerprint density at radius 3 is 2.83 bits per heavy atom. The Balaban J connectivity index is 1.78. The molecule has 2 unspecified atom stereocenters. The van der Waals surface area contributed by atoms with Crippen LogP contribution in [0.5, 0.6) is 0 Å². The van der Waals surface area contributed by atoms with Crippen molar-refractivity contribution >= 4 is 11.9 Å². The van der Waals surface area contributed by atoms with Crippen LogP contribution in [-0.4, -0.2) is 34.4 Å². The molecule has 0 saturated heterocycles. The maximum absolute atomic E-state index is 11.2. The molecular formula is C17H21NO5. The molecule has 6 heteroatoms. The van der Waals surface area contributed by atoms with E-state index in [1.165, 1.54) is 13.0 Å². The Bertz CT molecular complexity index is 570. The zero-order valence-electron chi connectivity index (χ0n) is 13.1. The monoisotopic (exact) mass is 319 g/mol. The number of unbranched alkanes of at least 4 members (excludes halogenated alkanes) is 2. The van der Waals surface area contributed by atoms with Crippen molar-refractivity contribution in [1.29, 1.82) is 0 Å². The third kappa shape index (κ3) is 5.49. The van der Waals surface area contributed by atoms with Crippen LogP contribution >= 0.6 is 0 Å². The van der Waals surface area contributed by atoms with Gasteiger partial charge in [0.25, 0.3) is 0 Å². The number of ether oxygens (including phenoxy) is 2. The molecule has 1 aromatic rings. The number of esters is 2. The minimum absolute atomic E-state index is 0.315. The number of rotatable bonds is 8. The van der Waals surface area contributed by atoms with E-state index in [1.807, 2.05) is 18.2 Å². The van der Waals surface area contributed by atoms with Gasteiger partial charge in [-0.3, -0.25) is 9.78 Å². The fraction of sp³-hybridized carbons (Fsp3) is 0.471. The number of carbonyl (C=O) groups is 2. The summed E-state index contributed by atoms with van der Waals surface area (Å²) in [6.07, 6.45) is 5.19. The summed E-state index contributed by atoms with van der Waals surface area (Å²) in [7, 11) is 0. The van der Waals surface area contributed by atoms with Crippen molar-refractivity contribution in [3.8, 4) is 0 Å². The minimum atomic E-state index is -1.32. The largest absolute Gasteiger partial charge is 0.458 e. The molecule has 1 aromatic heterocycles. The van der Waals surface area contributed by atoms with Crippen molar-refractivity contribution in [3.05, 3.63) is 41.7 Å². The number of aliphatic hydroxyl groups is 1. The molecule has 0 saturated carbocycles. The van der Waals surface area contributed by atoms with Gasteiger partial charge in [0.1, 0.15) is 6.10 Å². The number of cyclic esters (lactones) is 1. The highest BCUT2D eigenvalue weighted by Gasteiger charge is 2.31. The summed E-state index contributed by atoms with van der Waals surface area (Å²) in [5, 5.41) is 9.68. The Morgan fingerprint density at radius 1 is 1.39 bits per heavy atom. The van der Waals surface area contributed by atoms with Gasteiger partial charge in [-0.05, 0) is 37.8 Å². The number of hydrogen-bond acceptors (Lipinski definition) is 6. The number of hydrogen-bond donors (Lipinski definition) is 1. The first-order valence-corrected chi connectivity index (χ1v) is 7.73. The van der Waals surface area contributed by atoms with Crippen LogP contribution < -0.4 is 0 Å². The number of aryl methyl sites for hydroxylation is 1. The summed E-state index contributed by atoms with van der Waals surface area (Å²) in [6.45, 7) is 1.30. The highest BCUT2D eigenvalue weighted by atomic mass is 16.6. The van der Waals surface area contributed by atoms with Crippen LogP contribution in [0.4, 0.5) is 0 Å². The fourth-order valence-electron chi connectivity index (χ4n) is 2.52. The molecule has 0 fully saturated rings. The minimum Gasteiger partial charge on any atom is -0.458 e. The van der Waals surface area contributed by atoms with Crippen molar-refractivity contribution in [2.75, 3.05) is 0 Å². The Morgan fingerprint density at radius 2 is 2.22 bits per heavy atom. The Labute approximate surface area is 135 Å². The smallest absolute Gasteiger partial charge is 0.333 e. The molecule has 0 bridgehead atoms. The quantitative estimate of drug-likeness (QED) is 0.582. The number of aliphatic hydroxyl groups excluding tert-OH is 1. The SMILES string of the molecule is CC(=O)OC(CCCCCc1ccccn1)C1=CC(=O)OC1O. The van der Waals surface area contributed by atoms with E-state index >= 15 is 0 Å². The van der Waals surface area contributed by atoms with Gasteiger partial charge in [-0.15, -0.1) is 0 Å². The molecule has 0 aromatic carbocycles. The highest BCUT2D eigenvalue weighted by molar-refractivity contribution is 5.86. The molecule has 1 N–H and O–H groups in total. The van der Waals surface area contributed by atoms with Crippen molar-refractivity contribution in [2.45, 2.75) is 51.4 Å². The number of nitrogens with zero attached hydrogens (tertiary/aromatic N) is 1. The summed E-state index contributed by atoms with van der Waals surface area (Å²) in [6, 6.07) is 5.84. The lowest BCUT2D eigenvalue weighted by molar-refractivity contribution is -0.153. The van der Waals surface area contributed by atoms with E-state index in [2.05, 4.69) is 9.72 Å². The first-order chi connectivity index (χ1) is 11.1. The van der Waals surface area contributed by atoms with Crippen molar-refractivity contribution in [1.82, 2.24) is 4.98 Å². The second-order valence-electron chi connectivity index (χ2n) is 5.45. The van der Waals surface area contributed by atoms with Gasteiger partial charge in [0.15, 0.2) is 0 Å². The van der Waals surface area contributed by atoms with E-state index in [0.717, 1.165) is 31.4 Å². The molecule has 2 rings (SSSR count). The summed E-state index contributed by atoms with van der Waals surface area (Å²) >= 11 is 0. The molecule has 0 spiro atoms. The van der Waals surface area contributed by atoms with Gasteiger partial charge in [-0.25, -0.2) is 4.79 Å². The predicted molar refractivity (Wildman–Crippen MR) is 82.1 cm³/mol. The van der Waals surface area contributed by atoms with Crippen LogP contribution in [-0.2, 0) is 25.5 Å². The normalized spacial score (nSPS) is 18.3. The Kier molecular flexibility index (Phi) is 6.29. The first kappa shape index (κ1) is 17.1.